The van der Waals surface area contributed by atoms with Crippen molar-refractivity contribution in [1.82, 2.24) is 15.1 Å². The van der Waals surface area contributed by atoms with Crippen LogP contribution in [0.25, 0.3) is 0 Å². The Bertz CT molecular complexity index is 547. The quantitative estimate of drug-likeness (QED) is 0.843. The van der Waals surface area contributed by atoms with Gasteiger partial charge in [0.05, 0.1) is 12.8 Å². The van der Waals surface area contributed by atoms with Gasteiger partial charge in [-0.3, -0.25) is 4.68 Å². The number of hydrogen-bond donors (Lipinski definition) is 1. The maximum absolute atomic E-state index is 5.18. The van der Waals surface area contributed by atoms with Crippen LogP contribution in [0, 0.1) is 0 Å². The lowest BCUT2D eigenvalue weighted by Crippen LogP contribution is -2.18. The van der Waals surface area contributed by atoms with Crippen LogP contribution in [0.4, 0.5) is 0 Å². The fraction of sp³-hybridized carbons (Fsp3) is 0.471. The Hall–Kier alpha value is -1.81. The Morgan fingerprint density at radius 2 is 1.90 bits per heavy atom. The Balaban J connectivity index is 1.90. The Labute approximate surface area is 127 Å². The minimum absolute atomic E-state index is 0.282. The van der Waals surface area contributed by atoms with Crippen LogP contribution in [0.2, 0.25) is 0 Å². The van der Waals surface area contributed by atoms with Crippen molar-refractivity contribution >= 4 is 0 Å². The molecule has 0 amide bonds. The van der Waals surface area contributed by atoms with Gasteiger partial charge in [0.2, 0.25) is 0 Å². The molecule has 0 spiro atoms. The van der Waals surface area contributed by atoms with Crippen molar-refractivity contribution in [3.8, 4) is 5.75 Å². The summed E-state index contributed by atoms with van der Waals surface area (Å²) in [7, 11) is 1.68. The van der Waals surface area contributed by atoms with Gasteiger partial charge in [0.25, 0.3) is 0 Å². The molecule has 1 aromatic carbocycles. The summed E-state index contributed by atoms with van der Waals surface area (Å²) in [5, 5.41) is 8.11. The number of methoxy groups -OCH3 is 1. The van der Waals surface area contributed by atoms with Gasteiger partial charge in [-0.15, -0.1) is 0 Å². The molecule has 4 nitrogen and oxygen atoms in total. The highest BCUT2D eigenvalue weighted by Crippen LogP contribution is 2.17. The van der Waals surface area contributed by atoms with Crippen LogP contribution < -0.4 is 10.1 Å². The molecule has 1 aromatic heterocycles. The van der Waals surface area contributed by atoms with E-state index in [1.54, 1.807) is 7.11 Å². The molecule has 2 atom stereocenters. The average Bonchev–Trinajstić information content (AvgIpc) is 3.01. The van der Waals surface area contributed by atoms with Crippen molar-refractivity contribution in [2.75, 3.05) is 7.11 Å². The van der Waals surface area contributed by atoms with Gasteiger partial charge in [0.15, 0.2) is 0 Å². The Morgan fingerprint density at radius 1 is 1.19 bits per heavy atom. The molecule has 2 unspecified atom stereocenters. The van der Waals surface area contributed by atoms with Crippen LogP contribution in [0.5, 0.6) is 5.75 Å². The molecular formula is C17H25N3O. The number of nitrogens with zero attached hydrogens (tertiary/aromatic N) is 2. The Kier molecular flexibility index (Phi) is 5.39. The number of nitrogens with one attached hydrogen (secondary N) is 1. The molecule has 21 heavy (non-hydrogen) atoms. The first kappa shape index (κ1) is 15.6. The maximum atomic E-state index is 5.18. The molecule has 114 valence electrons. The van der Waals surface area contributed by atoms with Crippen LogP contribution >= 0.6 is 0 Å². The van der Waals surface area contributed by atoms with Gasteiger partial charge in [-0.05, 0) is 44.0 Å². The first-order chi connectivity index (χ1) is 10.1. The minimum Gasteiger partial charge on any atom is -0.497 e. The second kappa shape index (κ2) is 7.27. The lowest BCUT2D eigenvalue weighted by Gasteiger charge is -2.14. The first-order valence-electron chi connectivity index (χ1n) is 7.55. The van der Waals surface area contributed by atoms with E-state index in [1.807, 2.05) is 16.8 Å². The van der Waals surface area contributed by atoms with Gasteiger partial charge >= 0.3 is 0 Å². The summed E-state index contributed by atoms with van der Waals surface area (Å²) in [5.74, 6) is 0.887. The zero-order valence-corrected chi connectivity index (χ0v) is 13.3. The molecule has 0 saturated carbocycles. The zero-order valence-electron chi connectivity index (χ0n) is 13.3. The van der Waals surface area contributed by atoms with Crippen LogP contribution in [0.1, 0.15) is 50.5 Å². The van der Waals surface area contributed by atoms with Crippen molar-refractivity contribution < 1.29 is 4.74 Å². The molecule has 0 saturated heterocycles. The Morgan fingerprint density at radius 3 is 2.52 bits per heavy atom. The second-order valence-electron chi connectivity index (χ2n) is 5.42. The third-order valence-corrected chi connectivity index (χ3v) is 3.91. The lowest BCUT2D eigenvalue weighted by molar-refractivity contribution is 0.414. The van der Waals surface area contributed by atoms with Gasteiger partial charge in [-0.25, -0.2) is 0 Å². The summed E-state index contributed by atoms with van der Waals surface area (Å²) >= 11 is 0. The van der Waals surface area contributed by atoms with Crippen molar-refractivity contribution in [2.45, 2.75) is 45.8 Å². The highest BCUT2D eigenvalue weighted by Gasteiger charge is 2.08. The van der Waals surface area contributed by atoms with Gasteiger partial charge in [0, 0.05) is 24.8 Å². The lowest BCUT2D eigenvalue weighted by atomic mass is 10.1. The van der Waals surface area contributed by atoms with Gasteiger partial charge in [-0.2, -0.15) is 5.10 Å². The van der Waals surface area contributed by atoms with Crippen LogP contribution in [-0.4, -0.2) is 16.9 Å². The van der Waals surface area contributed by atoms with E-state index in [2.05, 4.69) is 55.6 Å². The zero-order chi connectivity index (χ0) is 15.2. The number of rotatable bonds is 7. The van der Waals surface area contributed by atoms with E-state index in [0.717, 1.165) is 24.4 Å². The summed E-state index contributed by atoms with van der Waals surface area (Å²) in [6.45, 7) is 7.30. The van der Waals surface area contributed by atoms with E-state index in [4.69, 9.17) is 4.74 Å². The number of ether oxygens (including phenoxy) is 1. The monoisotopic (exact) mass is 287 g/mol. The molecule has 0 aliphatic carbocycles. The number of benzene rings is 1. The molecule has 1 heterocycles. The third kappa shape index (κ3) is 4.08. The number of aromatic nitrogens is 2. The molecule has 1 N–H and O–H groups in total. The van der Waals surface area contributed by atoms with Crippen LogP contribution in [0.15, 0.2) is 36.5 Å². The average molecular weight is 287 g/mol. The standard InChI is InChI=1S/C17H25N3O/c1-5-13(2)20-11-10-16(19-20)12-18-14(3)15-6-8-17(21-4)9-7-15/h6-11,13-14,18H,5,12H2,1-4H3. The van der Waals surface area contributed by atoms with Gasteiger partial charge in [-0.1, -0.05) is 19.1 Å². The van der Waals surface area contributed by atoms with Gasteiger partial charge < -0.3 is 10.1 Å². The molecule has 2 rings (SSSR count). The molecule has 0 radical (unpaired) electrons. The molecule has 0 fully saturated rings. The molecular weight excluding hydrogens is 262 g/mol. The summed E-state index contributed by atoms with van der Waals surface area (Å²) in [6.07, 6.45) is 3.15. The van der Waals surface area contributed by atoms with E-state index in [0.29, 0.717) is 6.04 Å². The predicted octanol–water partition coefficient (Wildman–Crippen LogP) is 3.71. The molecule has 0 bridgehead atoms. The normalized spacial score (nSPS) is 13.9. The molecule has 0 aliphatic heterocycles. The largest absolute Gasteiger partial charge is 0.497 e. The van der Waals surface area contributed by atoms with Crippen molar-refractivity contribution in [3.05, 3.63) is 47.8 Å². The molecule has 4 heteroatoms. The molecule has 2 aromatic rings. The van der Waals surface area contributed by atoms with E-state index < -0.39 is 0 Å². The topological polar surface area (TPSA) is 39.1 Å². The highest BCUT2D eigenvalue weighted by atomic mass is 16.5. The fourth-order valence-corrected chi connectivity index (χ4v) is 2.17. The van der Waals surface area contributed by atoms with E-state index in [-0.39, 0.29) is 6.04 Å². The fourth-order valence-electron chi connectivity index (χ4n) is 2.17. The van der Waals surface area contributed by atoms with E-state index >= 15 is 0 Å². The SMILES string of the molecule is CCC(C)n1ccc(CNC(C)c2ccc(OC)cc2)n1. The second-order valence-corrected chi connectivity index (χ2v) is 5.42. The summed E-state index contributed by atoms with van der Waals surface area (Å²) in [4.78, 5) is 0. The van der Waals surface area contributed by atoms with E-state index in [9.17, 15) is 0 Å². The third-order valence-electron chi connectivity index (χ3n) is 3.91. The van der Waals surface area contributed by atoms with E-state index in [1.165, 1.54) is 5.56 Å². The highest BCUT2D eigenvalue weighted by molar-refractivity contribution is 5.28. The van der Waals surface area contributed by atoms with Crippen molar-refractivity contribution in [2.24, 2.45) is 0 Å². The van der Waals surface area contributed by atoms with Crippen molar-refractivity contribution in [3.63, 3.8) is 0 Å². The van der Waals surface area contributed by atoms with Crippen LogP contribution in [-0.2, 0) is 6.54 Å². The maximum Gasteiger partial charge on any atom is 0.118 e. The number of hydrogen-bond acceptors (Lipinski definition) is 3. The van der Waals surface area contributed by atoms with Crippen molar-refractivity contribution in [1.29, 1.82) is 0 Å². The van der Waals surface area contributed by atoms with Crippen LogP contribution in [0.3, 0.4) is 0 Å². The summed E-state index contributed by atoms with van der Waals surface area (Å²) < 4.78 is 7.22. The summed E-state index contributed by atoms with van der Waals surface area (Å²) in [5.41, 5.74) is 2.33. The van der Waals surface area contributed by atoms with Gasteiger partial charge in [0.1, 0.15) is 5.75 Å². The first-order valence-corrected chi connectivity index (χ1v) is 7.55. The molecule has 0 aliphatic rings. The smallest absolute Gasteiger partial charge is 0.118 e. The summed E-state index contributed by atoms with van der Waals surface area (Å²) in [6, 6.07) is 11.0. The minimum atomic E-state index is 0.282. The predicted molar refractivity (Wildman–Crippen MR) is 85.5 cm³/mol.